The van der Waals surface area contributed by atoms with Gasteiger partial charge >= 0.3 is 0 Å². The lowest BCUT2D eigenvalue weighted by Crippen LogP contribution is -2.47. The van der Waals surface area contributed by atoms with Crippen molar-refractivity contribution < 1.29 is 4.79 Å². The molecule has 25 heavy (non-hydrogen) atoms. The normalized spacial score (nSPS) is 24.5. The highest BCUT2D eigenvalue weighted by atomic mass is 16.2. The highest BCUT2D eigenvalue weighted by Gasteiger charge is 2.39. The van der Waals surface area contributed by atoms with E-state index in [0.29, 0.717) is 24.4 Å². The maximum atomic E-state index is 12.3. The number of aryl methyl sites for hydroxylation is 1. The largest absolute Gasteiger partial charge is 0.338 e. The Morgan fingerprint density at radius 2 is 2.04 bits per heavy atom. The summed E-state index contributed by atoms with van der Waals surface area (Å²) >= 11 is 0. The minimum Gasteiger partial charge on any atom is -0.338 e. The maximum absolute atomic E-state index is 12.3. The third-order valence-electron chi connectivity index (χ3n) is 5.87. The van der Waals surface area contributed by atoms with Gasteiger partial charge in [-0.15, -0.1) is 0 Å². The van der Waals surface area contributed by atoms with Crippen LogP contribution >= 0.6 is 0 Å². The van der Waals surface area contributed by atoms with E-state index in [0.717, 1.165) is 43.8 Å². The van der Waals surface area contributed by atoms with Gasteiger partial charge in [0, 0.05) is 44.0 Å². The number of hydrogen-bond acceptors (Lipinski definition) is 3. The van der Waals surface area contributed by atoms with E-state index >= 15 is 0 Å². The second-order valence-electron chi connectivity index (χ2n) is 7.48. The standard InChI is InChI=1S/C20H28N4O/c1-3-19(25)24-12-6-9-18(24)17-8-5-10-22(17)13-16-14-23-11-4-7-15(2)20(23)21-16/h4,7,11,14,17-18H,3,5-6,8-10,12-13H2,1-2H3/t17-,18-/m1/s1. The van der Waals surface area contributed by atoms with Gasteiger partial charge in [-0.25, -0.2) is 4.98 Å². The number of aromatic nitrogens is 2. The van der Waals surface area contributed by atoms with E-state index in [4.69, 9.17) is 4.98 Å². The van der Waals surface area contributed by atoms with Crippen molar-refractivity contribution in [3.8, 4) is 0 Å². The number of hydrogen-bond donors (Lipinski definition) is 0. The smallest absolute Gasteiger partial charge is 0.222 e. The fourth-order valence-electron chi connectivity index (χ4n) is 4.68. The van der Waals surface area contributed by atoms with Gasteiger partial charge in [0.25, 0.3) is 0 Å². The van der Waals surface area contributed by atoms with Gasteiger partial charge in [0.05, 0.1) is 5.69 Å². The second kappa shape index (κ2) is 6.79. The van der Waals surface area contributed by atoms with Crippen LogP contribution in [0.25, 0.3) is 5.65 Å². The Labute approximate surface area is 149 Å². The van der Waals surface area contributed by atoms with Gasteiger partial charge in [-0.3, -0.25) is 9.69 Å². The molecule has 4 rings (SSSR count). The van der Waals surface area contributed by atoms with Crippen molar-refractivity contribution in [1.82, 2.24) is 19.2 Å². The van der Waals surface area contributed by atoms with Gasteiger partial charge in [-0.05, 0) is 50.8 Å². The number of amides is 1. The Hall–Kier alpha value is -1.88. The van der Waals surface area contributed by atoms with E-state index in [2.05, 4.69) is 45.7 Å². The fourth-order valence-corrected chi connectivity index (χ4v) is 4.68. The van der Waals surface area contributed by atoms with Crippen LogP contribution in [0, 0.1) is 6.92 Å². The number of likely N-dealkylation sites (tertiary alicyclic amines) is 2. The summed E-state index contributed by atoms with van der Waals surface area (Å²) in [4.78, 5) is 21.8. The van der Waals surface area contributed by atoms with E-state index in [1.807, 2.05) is 6.92 Å². The molecule has 0 radical (unpaired) electrons. The number of imidazole rings is 1. The molecule has 0 bridgehead atoms. The summed E-state index contributed by atoms with van der Waals surface area (Å²) in [7, 11) is 0. The summed E-state index contributed by atoms with van der Waals surface area (Å²) in [6.07, 6.45) is 9.56. The van der Waals surface area contributed by atoms with Crippen LogP contribution in [0.3, 0.4) is 0 Å². The molecule has 2 atom stereocenters. The molecule has 0 aliphatic carbocycles. The third-order valence-corrected chi connectivity index (χ3v) is 5.87. The van der Waals surface area contributed by atoms with Crippen LogP contribution in [-0.4, -0.2) is 50.3 Å². The molecule has 0 N–H and O–H groups in total. The third kappa shape index (κ3) is 3.06. The monoisotopic (exact) mass is 340 g/mol. The van der Waals surface area contributed by atoms with Crippen LogP contribution in [0.2, 0.25) is 0 Å². The van der Waals surface area contributed by atoms with E-state index in [1.54, 1.807) is 0 Å². The first-order chi connectivity index (χ1) is 12.2. The summed E-state index contributed by atoms with van der Waals surface area (Å²) in [5.74, 6) is 0.317. The summed E-state index contributed by atoms with van der Waals surface area (Å²) in [5, 5.41) is 0. The number of nitrogens with zero attached hydrogens (tertiary/aromatic N) is 4. The number of carbonyl (C=O) groups excluding carboxylic acids is 1. The summed E-state index contributed by atoms with van der Waals surface area (Å²) in [5.41, 5.74) is 3.40. The van der Waals surface area contributed by atoms with Crippen molar-refractivity contribution in [2.75, 3.05) is 13.1 Å². The quantitative estimate of drug-likeness (QED) is 0.859. The van der Waals surface area contributed by atoms with Gasteiger partial charge in [0.15, 0.2) is 0 Å². The van der Waals surface area contributed by atoms with Crippen molar-refractivity contribution in [3.05, 3.63) is 35.8 Å². The molecule has 5 nitrogen and oxygen atoms in total. The van der Waals surface area contributed by atoms with Crippen LogP contribution in [-0.2, 0) is 11.3 Å². The topological polar surface area (TPSA) is 40.9 Å². The lowest BCUT2D eigenvalue weighted by Gasteiger charge is -2.34. The Morgan fingerprint density at radius 1 is 1.24 bits per heavy atom. The predicted molar refractivity (Wildman–Crippen MR) is 98.4 cm³/mol. The fraction of sp³-hybridized carbons (Fsp3) is 0.600. The molecule has 2 saturated heterocycles. The van der Waals surface area contributed by atoms with E-state index in [1.165, 1.54) is 18.4 Å². The molecule has 2 aliphatic rings. The molecule has 1 amide bonds. The average Bonchev–Trinajstić information content (AvgIpc) is 3.33. The molecular weight excluding hydrogens is 312 g/mol. The highest BCUT2D eigenvalue weighted by molar-refractivity contribution is 5.76. The van der Waals surface area contributed by atoms with Crippen molar-refractivity contribution in [2.45, 2.75) is 64.6 Å². The van der Waals surface area contributed by atoms with Crippen LogP contribution in [0.4, 0.5) is 0 Å². The molecule has 0 aromatic carbocycles. The van der Waals surface area contributed by atoms with Gasteiger partial charge in [0.2, 0.25) is 5.91 Å². The lowest BCUT2D eigenvalue weighted by molar-refractivity contribution is -0.132. The van der Waals surface area contributed by atoms with Crippen LogP contribution < -0.4 is 0 Å². The molecule has 4 heterocycles. The zero-order valence-electron chi connectivity index (χ0n) is 15.3. The molecule has 5 heteroatoms. The predicted octanol–water partition coefficient (Wildman–Crippen LogP) is 3.01. The van der Waals surface area contributed by atoms with Crippen molar-refractivity contribution in [3.63, 3.8) is 0 Å². The van der Waals surface area contributed by atoms with Gasteiger partial charge in [-0.2, -0.15) is 0 Å². The molecule has 2 aromatic rings. The Bertz CT molecular complexity index is 768. The van der Waals surface area contributed by atoms with Crippen LogP contribution in [0.5, 0.6) is 0 Å². The Balaban J connectivity index is 1.53. The molecule has 2 aromatic heterocycles. The van der Waals surface area contributed by atoms with E-state index in [-0.39, 0.29) is 0 Å². The van der Waals surface area contributed by atoms with E-state index in [9.17, 15) is 4.79 Å². The lowest BCUT2D eigenvalue weighted by atomic mass is 10.0. The maximum Gasteiger partial charge on any atom is 0.222 e. The minimum atomic E-state index is 0.317. The molecule has 134 valence electrons. The molecule has 2 fully saturated rings. The zero-order valence-corrected chi connectivity index (χ0v) is 15.3. The van der Waals surface area contributed by atoms with Gasteiger partial charge in [-0.1, -0.05) is 13.0 Å². The molecule has 0 spiro atoms. The SMILES string of the molecule is CCC(=O)N1CCC[C@@H]1[C@H]1CCCN1Cc1cn2cccc(C)c2n1. The average molecular weight is 340 g/mol. The minimum absolute atomic E-state index is 0.317. The van der Waals surface area contributed by atoms with Crippen LogP contribution in [0.1, 0.15) is 50.3 Å². The van der Waals surface area contributed by atoms with Crippen LogP contribution in [0.15, 0.2) is 24.5 Å². The number of pyridine rings is 1. The van der Waals surface area contributed by atoms with Crippen molar-refractivity contribution in [2.24, 2.45) is 0 Å². The Morgan fingerprint density at radius 3 is 2.84 bits per heavy atom. The first-order valence-corrected chi connectivity index (χ1v) is 9.64. The molecule has 2 aliphatic heterocycles. The zero-order chi connectivity index (χ0) is 17.4. The summed E-state index contributed by atoms with van der Waals surface area (Å²) in [6.45, 7) is 7.02. The summed E-state index contributed by atoms with van der Waals surface area (Å²) in [6, 6.07) is 5.06. The van der Waals surface area contributed by atoms with Crippen molar-refractivity contribution in [1.29, 1.82) is 0 Å². The molecule has 0 unspecified atom stereocenters. The second-order valence-corrected chi connectivity index (χ2v) is 7.48. The first-order valence-electron chi connectivity index (χ1n) is 9.64. The number of rotatable bonds is 4. The van der Waals surface area contributed by atoms with E-state index < -0.39 is 0 Å². The molecular formula is C20H28N4O. The summed E-state index contributed by atoms with van der Waals surface area (Å²) < 4.78 is 2.12. The first kappa shape index (κ1) is 16.6. The van der Waals surface area contributed by atoms with Crippen molar-refractivity contribution >= 4 is 11.6 Å². The molecule has 0 saturated carbocycles. The number of carbonyl (C=O) groups is 1. The van der Waals surface area contributed by atoms with Gasteiger partial charge < -0.3 is 9.30 Å². The Kier molecular flexibility index (Phi) is 4.50. The number of fused-ring (bicyclic) bond motifs is 1. The highest BCUT2D eigenvalue weighted by Crippen LogP contribution is 2.31. The van der Waals surface area contributed by atoms with Gasteiger partial charge in [0.1, 0.15) is 5.65 Å².